The first-order chi connectivity index (χ1) is 14.1. The average molecular weight is 447 g/mol. The number of hydrogen-bond donors (Lipinski definition) is 0. The largest absolute Gasteiger partial charge is 0.381 e. The van der Waals surface area contributed by atoms with Gasteiger partial charge in [-0.25, -0.2) is 17.2 Å². The van der Waals surface area contributed by atoms with Crippen molar-refractivity contribution in [1.82, 2.24) is 9.21 Å². The van der Waals surface area contributed by atoms with Gasteiger partial charge in [-0.2, -0.15) is 4.31 Å². The van der Waals surface area contributed by atoms with Gasteiger partial charge in [-0.1, -0.05) is 0 Å². The van der Waals surface area contributed by atoms with Crippen LogP contribution in [0.15, 0.2) is 12.1 Å². The molecule has 0 unspecified atom stereocenters. The predicted octanol–water partition coefficient (Wildman–Crippen LogP) is 2.00. The van der Waals surface area contributed by atoms with Gasteiger partial charge in [0.2, 0.25) is 15.9 Å². The minimum absolute atomic E-state index is 0.0199. The summed E-state index contributed by atoms with van der Waals surface area (Å²) in [5, 5.41) is 0. The van der Waals surface area contributed by atoms with Gasteiger partial charge >= 0.3 is 0 Å². The molecule has 2 fully saturated rings. The molecule has 1 aromatic carbocycles. The molecule has 0 spiro atoms. The molecule has 0 atom stereocenters. The van der Waals surface area contributed by atoms with E-state index >= 15 is 4.39 Å². The van der Waals surface area contributed by atoms with E-state index in [1.807, 2.05) is 0 Å². The molecule has 3 rings (SSSR count). The number of likely N-dealkylation sites (N-methyl/N-ethyl adjacent to an activating group) is 1. The van der Waals surface area contributed by atoms with Gasteiger partial charge in [0.05, 0.1) is 5.75 Å². The van der Waals surface area contributed by atoms with E-state index in [2.05, 4.69) is 0 Å². The van der Waals surface area contributed by atoms with E-state index in [0.717, 1.165) is 12.1 Å². The Morgan fingerprint density at radius 2 is 1.90 bits per heavy atom. The fourth-order valence-electron chi connectivity index (χ4n) is 3.79. The molecule has 10 heteroatoms. The quantitative estimate of drug-likeness (QED) is 0.668. The van der Waals surface area contributed by atoms with E-state index in [1.165, 1.54) is 9.21 Å². The summed E-state index contributed by atoms with van der Waals surface area (Å²) in [6.45, 7) is 0.418. The van der Waals surface area contributed by atoms with Crippen molar-refractivity contribution in [3.63, 3.8) is 0 Å². The summed E-state index contributed by atoms with van der Waals surface area (Å²) >= 11 is 0. The maximum Gasteiger partial charge on any atom is 0.248 e. The highest BCUT2D eigenvalue weighted by molar-refractivity contribution is 7.89. The van der Waals surface area contributed by atoms with Crippen LogP contribution in [0.5, 0.6) is 0 Å². The lowest BCUT2D eigenvalue weighted by Crippen LogP contribution is -2.41. The minimum atomic E-state index is -3.46. The molecule has 1 aromatic rings. The Kier molecular flexibility index (Phi) is 7.11. The fourth-order valence-corrected chi connectivity index (χ4v) is 5.36. The first-order valence-corrected chi connectivity index (χ1v) is 11.6. The first kappa shape index (κ1) is 23.1. The minimum Gasteiger partial charge on any atom is -0.381 e. The summed E-state index contributed by atoms with van der Waals surface area (Å²) in [4.78, 5) is 13.4. The zero-order chi connectivity index (χ0) is 21.9. The standard InChI is InChI=1S/C20H28F2N2O5S/c1-23(2)19(25)14-29-20(5-8-28-9-6-20)16-12-17(21)15(11-18(16)22)13-24-7-3-4-10-30(24,26)27/h11-12H,3-10,13-14H2,1-2H3. The van der Waals surface area contributed by atoms with Crippen molar-refractivity contribution >= 4 is 15.9 Å². The summed E-state index contributed by atoms with van der Waals surface area (Å²) in [5.41, 5.74) is -1.17. The van der Waals surface area contributed by atoms with Crippen molar-refractivity contribution in [3.8, 4) is 0 Å². The summed E-state index contributed by atoms with van der Waals surface area (Å²) in [7, 11) is -0.281. The molecular weight excluding hydrogens is 418 g/mol. The molecule has 0 bridgehead atoms. The maximum absolute atomic E-state index is 15.1. The number of ether oxygens (including phenoxy) is 2. The SMILES string of the molecule is CN(C)C(=O)COC1(c2cc(F)c(CN3CCCCS3(=O)=O)cc2F)CCOCC1. The lowest BCUT2D eigenvalue weighted by Gasteiger charge is -2.38. The third-order valence-electron chi connectivity index (χ3n) is 5.70. The molecule has 2 aliphatic rings. The topological polar surface area (TPSA) is 76.2 Å². The van der Waals surface area contributed by atoms with Crippen molar-refractivity contribution in [3.05, 3.63) is 34.9 Å². The lowest BCUT2D eigenvalue weighted by atomic mass is 9.85. The van der Waals surface area contributed by atoms with Crippen molar-refractivity contribution in [1.29, 1.82) is 0 Å². The Labute approximate surface area is 176 Å². The number of halogens is 2. The van der Waals surface area contributed by atoms with Gasteiger partial charge in [-0.05, 0) is 25.0 Å². The first-order valence-electron chi connectivity index (χ1n) is 10.0. The van der Waals surface area contributed by atoms with Crippen molar-refractivity contribution in [2.24, 2.45) is 0 Å². The molecule has 1 amide bonds. The highest BCUT2D eigenvalue weighted by Gasteiger charge is 2.39. The normalized spacial score (nSPS) is 21.3. The molecule has 2 saturated heterocycles. The average Bonchev–Trinajstić information content (AvgIpc) is 2.70. The zero-order valence-electron chi connectivity index (χ0n) is 17.3. The number of carbonyl (C=O) groups is 1. The molecule has 168 valence electrons. The Hall–Kier alpha value is -1.62. The van der Waals surface area contributed by atoms with E-state index in [-0.39, 0.29) is 48.8 Å². The van der Waals surface area contributed by atoms with E-state index in [1.54, 1.807) is 14.1 Å². The van der Waals surface area contributed by atoms with Crippen LogP contribution in [0.1, 0.15) is 36.8 Å². The van der Waals surface area contributed by atoms with Crippen LogP contribution in [0, 0.1) is 11.6 Å². The number of carbonyl (C=O) groups excluding carboxylic acids is 1. The van der Waals surface area contributed by atoms with Gasteiger partial charge in [0.25, 0.3) is 0 Å². The summed E-state index contributed by atoms with van der Waals surface area (Å²) in [6, 6.07) is 2.12. The molecule has 30 heavy (non-hydrogen) atoms. The number of benzene rings is 1. The van der Waals surface area contributed by atoms with E-state index < -0.39 is 27.3 Å². The molecular formula is C20H28F2N2O5S. The second kappa shape index (κ2) is 9.25. The predicted molar refractivity (Wildman–Crippen MR) is 106 cm³/mol. The van der Waals surface area contributed by atoms with Gasteiger partial charge in [0, 0.05) is 64.4 Å². The highest BCUT2D eigenvalue weighted by Crippen LogP contribution is 2.38. The molecule has 0 aromatic heterocycles. The Morgan fingerprint density at radius 1 is 1.20 bits per heavy atom. The van der Waals surface area contributed by atoms with E-state index in [0.29, 0.717) is 32.6 Å². The van der Waals surface area contributed by atoms with Gasteiger partial charge in [0.15, 0.2) is 0 Å². The fraction of sp³-hybridized carbons (Fsp3) is 0.650. The highest BCUT2D eigenvalue weighted by atomic mass is 32.2. The van der Waals surface area contributed by atoms with E-state index in [4.69, 9.17) is 9.47 Å². The molecule has 7 nitrogen and oxygen atoms in total. The zero-order valence-corrected chi connectivity index (χ0v) is 18.1. The number of amides is 1. The molecule has 2 heterocycles. The van der Waals surface area contributed by atoms with Crippen LogP contribution in [0.2, 0.25) is 0 Å². The van der Waals surface area contributed by atoms with Gasteiger partial charge in [-0.15, -0.1) is 0 Å². The monoisotopic (exact) mass is 446 g/mol. The summed E-state index contributed by atoms with van der Waals surface area (Å²) < 4.78 is 66.9. The third kappa shape index (κ3) is 4.99. The van der Waals surface area contributed by atoms with Crippen LogP contribution in [0.25, 0.3) is 0 Å². The third-order valence-corrected chi connectivity index (χ3v) is 7.60. The molecule has 2 aliphatic heterocycles. The Balaban J connectivity index is 1.88. The molecule has 0 saturated carbocycles. The lowest BCUT2D eigenvalue weighted by molar-refractivity contribution is -0.152. The second-order valence-electron chi connectivity index (χ2n) is 7.96. The van der Waals surface area contributed by atoms with Crippen molar-refractivity contribution < 1.29 is 31.5 Å². The second-order valence-corrected chi connectivity index (χ2v) is 10.1. The molecule has 0 radical (unpaired) electrons. The molecule has 0 aliphatic carbocycles. The van der Waals surface area contributed by atoms with E-state index in [9.17, 15) is 17.6 Å². The number of sulfonamides is 1. The maximum atomic E-state index is 15.1. The van der Waals surface area contributed by atoms with Gasteiger partial charge in [-0.3, -0.25) is 4.79 Å². The number of rotatable bonds is 6. The van der Waals surface area contributed by atoms with Crippen molar-refractivity contribution in [2.45, 2.75) is 37.8 Å². The number of hydrogen-bond acceptors (Lipinski definition) is 5. The summed E-state index contributed by atoms with van der Waals surface area (Å²) in [5.74, 6) is -1.64. The van der Waals surface area contributed by atoms with Crippen LogP contribution in [0.4, 0.5) is 8.78 Å². The van der Waals surface area contributed by atoms with Crippen molar-refractivity contribution in [2.75, 3.05) is 46.2 Å². The smallest absolute Gasteiger partial charge is 0.248 e. The van der Waals surface area contributed by atoms with Gasteiger partial charge in [0.1, 0.15) is 23.8 Å². The van der Waals surface area contributed by atoms with Crippen LogP contribution in [-0.2, 0) is 36.4 Å². The van der Waals surface area contributed by atoms with Crippen LogP contribution in [-0.4, -0.2) is 69.7 Å². The van der Waals surface area contributed by atoms with Crippen LogP contribution in [0.3, 0.4) is 0 Å². The van der Waals surface area contributed by atoms with Crippen LogP contribution < -0.4 is 0 Å². The molecule has 0 N–H and O–H groups in total. The Bertz CT molecular complexity index is 885. The Morgan fingerprint density at radius 3 is 2.53 bits per heavy atom. The van der Waals surface area contributed by atoms with Crippen LogP contribution >= 0.6 is 0 Å². The van der Waals surface area contributed by atoms with Gasteiger partial charge < -0.3 is 14.4 Å². The number of nitrogens with zero attached hydrogens (tertiary/aromatic N) is 2. The summed E-state index contributed by atoms with van der Waals surface area (Å²) in [6.07, 6.45) is 1.83.